The van der Waals surface area contributed by atoms with Crippen LogP contribution in [0.4, 0.5) is 32.4 Å². The molecule has 204 valence electrons. The fourth-order valence-electron chi connectivity index (χ4n) is 4.40. The Bertz CT molecular complexity index is 1500. The average molecular weight is 547 g/mol. The van der Waals surface area contributed by atoms with Gasteiger partial charge in [-0.25, -0.2) is 31.5 Å². The number of urea groups is 1. The minimum absolute atomic E-state index is 0.0392. The second-order valence-corrected chi connectivity index (χ2v) is 9.11. The molecule has 0 aromatic heterocycles. The van der Waals surface area contributed by atoms with Gasteiger partial charge in [-0.1, -0.05) is 6.07 Å². The summed E-state index contributed by atoms with van der Waals surface area (Å²) >= 11 is 0. The second-order valence-electron chi connectivity index (χ2n) is 9.11. The normalized spacial score (nSPS) is 14.9. The smallest absolute Gasteiger partial charge is 0.338 e. The number of hydrogen-bond donors (Lipinski definition) is 2. The number of anilines is 1. The van der Waals surface area contributed by atoms with Crippen molar-refractivity contribution in [3.8, 4) is 0 Å². The van der Waals surface area contributed by atoms with Gasteiger partial charge in [-0.15, -0.1) is 0 Å². The van der Waals surface area contributed by atoms with Crippen molar-refractivity contribution in [3.05, 3.63) is 98.9 Å². The van der Waals surface area contributed by atoms with Gasteiger partial charge in [0.05, 0.1) is 23.8 Å². The van der Waals surface area contributed by atoms with Crippen LogP contribution in [0.3, 0.4) is 0 Å². The molecule has 0 spiro atoms. The van der Waals surface area contributed by atoms with E-state index in [1.807, 2.05) is 0 Å². The Labute approximate surface area is 219 Å². The van der Waals surface area contributed by atoms with Crippen LogP contribution in [0.5, 0.6) is 0 Å². The van der Waals surface area contributed by atoms with Crippen molar-refractivity contribution in [2.75, 3.05) is 11.9 Å². The van der Waals surface area contributed by atoms with Gasteiger partial charge in [-0.3, -0.25) is 9.69 Å². The third kappa shape index (κ3) is 5.01. The standard InChI is InChI=1S/C27H22F5N3O4/c1-12-6-17(26(37)38)24(32)19(23(12)31)11-35-22-7-14(4-5-16(22)13(2)34(3)27(35)39)25(36)33-10-18-20(29)8-15(28)9-21(18)30/h4-9,13H,10-11H2,1-3H3,(H,33,36)(H,37,38). The molecular weight excluding hydrogens is 525 g/mol. The van der Waals surface area contributed by atoms with Gasteiger partial charge in [0.25, 0.3) is 5.91 Å². The van der Waals surface area contributed by atoms with E-state index >= 15 is 4.39 Å². The van der Waals surface area contributed by atoms with E-state index in [-0.39, 0.29) is 16.8 Å². The van der Waals surface area contributed by atoms with Crippen molar-refractivity contribution in [1.82, 2.24) is 10.2 Å². The Balaban J connectivity index is 1.71. The molecule has 1 unspecified atom stereocenters. The van der Waals surface area contributed by atoms with E-state index < -0.39 is 82.8 Å². The fourth-order valence-corrected chi connectivity index (χ4v) is 4.40. The first kappa shape index (κ1) is 27.6. The summed E-state index contributed by atoms with van der Waals surface area (Å²) in [6.45, 7) is 1.68. The van der Waals surface area contributed by atoms with Crippen molar-refractivity contribution >= 4 is 23.6 Å². The van der Waals surface area contributed by atoms with Crippen molar-refractivity contribution in [1.29, 1.82) is 0 Å². The summed E-state index contributed by atoms with van der Waals surface area (Å²) in [5.74, 6) is -8.24. The van der Waals surface area contributed by atoms with E-state index in [9.17, 15) is 37.1 Å². The average Bonchev–Trinajstić information content (AvgIpc) is 2.87. The predicted molar refractivity (Wildman–Crippen MR) is 130 cm³/mol. The van der Waals surface area contributed by atoms with Crippen LogP contribution in [-0.4, -0.2) is 35.0 Å². The number of carbonyl (C=O) groups is 3. The summed E-state index contributed by atoms with van der Waals surface area (Å²) in [6.07, 6.45) is 0. The Hall–Kier alpha value is -4.48. The molecular formula is C27H22F5N3O4. The Kier molecular flexibility index (Phi) is 7.31. The van der Waals surface area contributed by atoms with Crippen LogP contribution < -0.4 is 10.2 Å². The highest BCUT2D eigenvalue weighted by Crippen LogP contribution is 2.38. The van der Waals surface area contributed by atoms with Crippen LogP contribution in [0, 0.1) is 36.0 Å². The number of fused-ring (bicyclic) bond motifs is 1. The van der Waals surface area contributed by atoms with Gasteiger partial charge in [-0.05, 0) is 43.2 Å². The third-order valence-electron chi connectivity index (χ3n) is 6.70. The molecule has 1 heterocycles. The number of aryl methyl sites for hydroxylation is 1. The lowest BCUT2D eigenvalue weighted by Crippen LogP contribution is -2.47. The maximum Gasteiger partial charge on any atom is 0.338 e. The van der Waals surface area contributed by atoms with Gasteiger partial charge in [-0.2, -0.15) is 0 Å². The van der Waals surface area contributed by atoms with Crippen molar-refractivity contribution in [2.45, 2.75) is 33.0 Å². The first-order valence-electron chi connectivity index (χ1n) is 11.6. The molecule has 0 bridgehead atoms. The van der Waals surface area contributed by atoms with Crippen LogP contribution >= 0.6 is 0 Å². The summed E-state index contributed by atoms with van der Waals surface area (Å²) in [5, 5.41) is 11.6. The van der Waals surface area contributed by atoms with E-state index in [0.717, 1.165) is 11.0 Å². The molecule has 3 amide bonds. The quantitative estimate of drug-likeness (QED) is 0.402. The van der Waals surface area contributed by atoms with Crippen molar-refractivity contribution < 1.29 is 41.4 Å². The van der Waals surface area contributed by atoms with Gasteiger partial charge in [0, 0.05) is 42.4 Å². The minimum Gasteiger partial charge on any atom is -0.478 e. The zero-order valence-corrected chi connectivity index (χ0v) is 20.9. The van der Waals surface area contributed by atoms with Crippen molar-refractivity contribution in [2.24, 2.45) is 0 Å². The van der Waals surface area contributed by atoms with E-state index in [0.29, 0.717) is 17.7 Å². The number of hydrogen-bond acceptors (Lipinski definition) is 3. The molecule has 1 aliphatic rings. The van der Waals surface area contributed by atoms with Gasteiger partial charge in [0.2, 0.25) is 0 Å². The molecule has 12 heteroatoms. The van der Waals surface area contributed by atoms with Crippen LogP contribution in [0.2, 0.25) is 0 Å². The molecule has 3 aromatic rings. The molecule has 0 radical (unpaired) electrons. The summed E-state index contributed by atoms with van der Waals surface area (Å²) in [7, 11) is 1.47. The van der Waals surface area contributed by atoms with E-state index in [2.05, 4.69) is 5.32 Å². The second kappa shape index (κ2) is 10.4. The molecule has 0 saturated carbocycles. The summed E-state index contributed by atoms with van der Waals surface area (Å²) in [5.41, 5.74) is -1.48. The Morgan fingerprint density at radius 3 is 2.23 bits per heavy atom. The maximum atomic E-state index is 15.0. The SMILES string of the molecule is Cc1cc(C(=O)O)c(F)c(CN2C(=O)N(C)C(C)c3ccc(C(=O)NCc4c(F)cc(F)cc4F)cc32)c1F. The lowest BCUT2D eigenvalue weighted by Gasteiger charge is -2.39. The molecule has 39 heavy (non-hydrogen) atoms. The topological polar surface area (TPSA) is 90.0 Å². The minimum atomic E-state index is -1.61. The molecule has 0 saturated heterocycles. The molecule has 0 fully saturated rings. The molecule has 4 rings (SSSR count). The van der Waals surface area contributed by atoms with Gasteiger partial charge < -0.3 is 15.3 Å². The summed E-state index contributed by atoms with van der Waals surface area (Å²) in [6, 6.07) is 4.86. The van der Waals surface area contributed by atoms with E-state index in [1.54, 1.807) is 6.92 Å². The van der Waals surface area contributed by atoms with Crippen molar-refractivity contribution in [3.63, 3.8) is 0 Å². The molecule has 2 N–H and O–H groups in total. The molecule has 1 atom stereocenters. The highest BCUT2D eigenvalue weighted by molar-refractivity contribution is 6.00. The lowest BCUT2D eigenvalue weighted by molar-refractivity contribution is 0.0691. The largest absolute Gasteiger partial charge is 0.478 e. The highest BCUT2D eigenvalue weighted by Gasteiger charge is 2.35. The number of nitrogens with zero attached hydrogens (tertiary/aromatic N) is 2. The summed E-state index contributed by atoms with van der Waals surface area (Å²) in [4.78, 5) is 39.8. The number of carboxylic acids is 1. The zero-order valence-electron chi connectivity index (χ0n) is 20.9. The number of aromatic carboxylic acids is 1. The third-order valence-corrected chi connectivity index (χ3v) is 6.70. The van der Waals surface area contributed by atoms with Gasteiger partial charge in [0.15, 0.2) is 0 Å². The Morgan fingerprint density at radius 1 is 0.974 bits per heavy atom. The number of carboxylic acid groups (broad SMARTS) is 1. The first-order valence-corrected chi connectivity index (χ1v) is 11.6. The molecule has 1 aliphatic heterocycles. The van der Waals surface area contributed by atoms with E-state index in [4.69, 9.17) is 0 Å². The van der Waals surface area contributed by atoms with Gasteiger partial charge in [0.1, 0.15) is 29.1 Å². The number of benzene rings is 3. The zero-order chi connectivity index (χ0) is 28.8. The lowest BCUT2D eigenvalue weighted by atomic mass is 9.97. The van der Waals surface area contributed by atoms with Crippen LogP contribution in [0.1, 0.15) is 55.9 Å². The predicted octanol–water partition coefficient (Wildman–Crippen LogP) is 5.45. The number of rotatable bonds is 6. The molecule has 7 nitrogen and oxygen atoms in total. The number of nitrogens with one attached hydrogen (secondary N) is 1. The van der Waals surface area contributed by atoms with Crippen LogP contribution in [0.25, 0.3) is 0 Å². The van der Waals surface area contributed by atoms with Gasteiger partial charge >= 0.3 is 12.0 Å². The molecule has 3 aromatic carbocycles. The fraction of sp³-hybridized carbons (Fsp3) is 0.222. The Morgan fingerprint density at radius 2 is 1.62 bits per heavy atom. The van der Waals surface area contributed by atoms with Crippen LogP contribution in [-0.2, 0) is 13.1 Å². The number of halogens is 5. The molecule has 0 aliphatic carbocycles. The number of carbonyl (C=O) groups excluding carboxylic acids is 2. The highest BCUT2D eigenvalue weighted by atomic mass is 19.2. The van der Waals surface area contributed by atoms with E-state index in [1.165, 1.54) is 37.1 Å². The van der Waals surface area contributed by atoms with Crippen LogP contribution in [0.15, 0.2) is 36.4 Å². The monoisotopic (exact) mass is 547 g/mol. The maximum absolute atomic E-state index is 15.0. The number of amides is 3. The first-order chi connectivity index (χ1) is 18.3. The summed E-state index contributed by atoms with van der Waals surface area (Å²) < 4.78 is 71.1.